The summed E-state index contributed by atoms with van der Waals surface area (Å²) in [6.45, 7) is 1.16. The smallest absolute Gasteiger partial charge is 0.238 e. The van der Waals surface area contributed by atoms with E-state index in [-0.39, 0.29) is 17.9 Å². The number of aromatic amines is 1. The van der Waals surface area contributed by atoms with E-state index in [0.29, 0.717) is 41.2 Å². The van der Waals surface area contributed by atoms with Crippen LogP contribution in [0, 0.1) is 5.82 Å². The Morgan fingerprint density at radius 3 is 2.93 bits per heavy atom. The molecule has 4 rings (SSSR count). The van der Waals surface area contributed by atoms with Crippen LogP contribution in [-0.2, 0) is 17.8 Å². The first-order valence-electron chi connectivity index (χ1n) is 8.60. The number of carbonyl (C=O) groups is 1. The van der Waals surface area contributed by atoms with Gasteiger partial charge in [-0.3, -0.25) is 14.5 Å². The number of amides is 1. The Labute approximate surface area is 159 Å². The van der Waals surface area contributed by atoms with Crippen molar-refractivity contribution >= 4 is 34.1 Å². The molecule has 1 amide bonds. The van der Waals surface area contributed by atoms with Gasteiger partial charge in [0.15, 0.2) is 5.43 Å². The van der Waals surface area contributed by atoms with Gasteiger partial charge in [-0.15, -0.1) is 0 Å². The fraction of sp³-hybridized carbons (Fsp3) is 0.200. The highest BCUT2D eigenvalue weighted by atomic mass is 35.5. The van der Waals surface area contributed by atoms with Crippen molar-refractivity contribution in [3.05, 3.63) is 74.8 Å². The number of nitrogens with zero attached hydrogens (tertiary/aromatic N) is 1. The van der Waals surface area contributed by atoms with Crippen LogP contribution >= 0.6 is 11.6 Å². The molecule has 2 aromatic carbocycles. The van der Waals surface area contributed by atoms with Gasteiger partial charge in [0, 0.05) is 52.4 Å². The van der Waals surface area contributed by atoms with Gasteiger partial charge in [0.25, 0.3) is 0 Å². The lowest BCUT2D eigenvalue weighted by Crippen LogP contribution is -2.39. The van der Waals surface area contributed by atoms with Crippen molar-refractivity contribution in [3.8, 4) is 0 Å². The molecule has 0 saturated heterocycles. The van der Waals surface area contributed by atoms with E-state index in [1.165, 1.54) is 18.2 Å². The first-order chi connectivity index (χ1) is 13.0. The van der Waals surface area contributed by atoms with E-state index in [1.807, 2.05) is 4.90 Å². The maximum absolute atomic E-state index is 13.2. The summed E-state index contributed by atoms with van der Waals surface area (Å²) in [6, 6.07) is 11.0. The molecule has 1 aliphatic heterocycles. The van der Waals surface area contributed by atoms with Crippen molar-refractivity contribution < 1.29 is 9.18 Å². The number of hydrogen-bond donors (Lipinski definition) is 2. The third-order valence-corrected chi connectivity index (χ3v) is 4.92. The Bertz CT molecular complexity index is 1100. The Hall–Kier alpha value is -2.70. The molecule has 0 spiro atoms. The summed E-state index contributed by atoms with van der Waals surface area (Å²) in [7, 11) is 0. The molecule has 2 heterocycles. The van der Waals surface area contributed by atoms with Gasteiger partial charge in [-0.1, -0.05) is 17.7 Å². The second-order valence-corrected chi connectivity index (χ2v) is 7.06. The molecule has 0 saturated carbocycles. The standard InChI is InChI=1S/C20H17ClFN3O2/c21-12-4-5-17-15(8-12)20(27)16-10-25(7-6-18(16)24-17)11-19(26)23-14-3-1-2-13(22)9-14/h1-5,8-9H,6-7,10-11H2,(H,23,26)(H,24,27). The summed E-state index contributed by atoms with van der Waals surface area (Å²) in [5, 5.41) is 3.74. The maximum atomic E-state index is 13.2. The Morgan fingerprint density at radius 2 is 2.11 bits per heavy atom. The van der Waals surface area contributed by atoms with E-state index in [0.717, 1.165) is 11.2 Å². The van der Waals surface area contributed by atoms with Crippen molar-refractivity contribution in [3.63, 3.8) is 0 Å². The molecule has 0 unspecified atom stereocenters. The quantitative estimate of drug-likeness (QED) is 0.727. The SMILES string of the molecule is O=C(CN1CCc2[nH]c3ccc(Cl)cc3c(=O)c2C1)Nc1cccc(F)c1. The van der Waals surface area contributed by atoms with E-state index in [1.54, 1.807) is 24.3 Å². The Balaban J connectivity index is 1.52. The molecular weight excluding hydrogens is 369 g/mol. The molecule has 27 heavy (non-hydrogen) atoms. The van der Waals surface area contributed by atoms with Crippen LogP contribution in [-0.4, -0.2) is 28.9 Å². The van der Waals surface area contributed by atoms with Crippen molar-refractivity contribution in [1.82, 2.24) is 9.88 Å². The van der Waals surface area contributed by atoms with E-state index >= 15 is 0 Å². The predicted octanol–water partition coefficient (Wildman–Crippen LogP) is 3.32. The van der Waals surface area contributed by atoms with Gasteiger partial charge in [-0.2, -0.15) is 0 Å². The second kappa shape index (κ2) is 7.13. The van der Waals surface area contributed by atoms with E-state index < -0.39 is 5.82 Å². The third-order valence-electron chi connectivity index (χ3n) is 4.69. The van der Waals surface area contributed by atoms with Crippen molar-refractivity contribution in [1.29, 1.82) is 0 Å². The molecule has 0 bridgehead atoms. The summed E-state index contributed by atoms with van der Waals surface area (Å²) in [4.78, 5) is 30.3. The second-order valence-electron chi connectivity index (χ2n) is 6.62. The van der Waals surface area contributed by atoms with Crippen molar-refractivity contribution in [2.75, 3.05) is 18.4 Å². The minimum absolute atomic E-state index is 0.0588. The minimum atomic E-state index is -0.406. The van der Waals surface area contributed by atoms with Gasteiger partial charge in [-0.05, 0) is 36.4 Å². The van der Waals surface area contributed by atoms with Gasteiger partial charge in [0.05, 0.1) is 6.54 Å². The number of H-pyrrole nitrogens is 1. The van der Waals surface area contributed by atoms with Crippen LogP contribution in [0.2, 0.25) is 5.02 Å². The number of rotatable bonds is 3. The Kier molecular flexibility index (Phi) is 4.68. The first kappa shape index (κ1) is 17.7. The Morgan fingerprint density at radius 1 is 1.26 bits per heavy atom. The molecule has 0 radical (unpaired) electrons. The number of fused-ring (bicyclic) bond motifs is 2. The molecule has 3 aromatic rings. The topological polar surface area (TPSA) is 65.2 Å². The average molecular weight is 386 g/mol. The summed E-state index contributed by atoms with van der Waals surface area (Å²) in [5.41, 5.74) is 2.68. The highest BCUT2D eigenvalue weighted by molar-refractivity contribution is 6.31. The van der Waals surface area contributed by atoms with Crippen molar-refractivity contribution in [2.24, 2.45) is 0 Å². The van der Waals surface area contributed by atoms with Gasteiger partial charge in [0.1, 0.15) is 5.82 Å². The predicted molar refractivity (Wildman–Crippen MR) is 104 cm³/mol. The highest BCUT2D eigenvalue weighted by Crippen LogP contribution is 2.21. The zero-order valence-electron chi connectivity index (χ0n) is 14.4. The molecule has 138 valence electrons. The fourth-order valence-corrected chi connectivity index (χ4v) is 3.58. The van der Waals surface area contributed by atoms with Crippen molar-refractivity contribution in [2.45, 2.75) is 13.0 Å². The number of anilines is 1. The largest absolute Gasteiger partial charge is 0.358 e. The minimum Gasteiger partial charge on any atom is -0.358 e. The van der Waals surface area contributed by atoms with E-state index in [9.17, 15) is 14.0 Å². The maximum Gasteiger partial charge on any atom is 0.238 e. The van der Waals surface area contributed by atoms with E-state index in [2.05, 4.69) is 10.3 Å². The number of aromatic nitrogens is 1. The molecular formula is C20H17ClFN3O2. The van der Waals surface area contributed by atoms with Gasteiger partial charge in [-0.25, -0.2) is 4.39 Å². The zero-order chi connectivity index (χ0) is 19.0. The summed E-state index contributed by atoms with van der Waals surface area (Å²) in [6.07, 6.45) is 0.649. The third kappa shape index (κ3) is 3.72. The lowest BCUT2D eigenvalue weighted by atomic mass is 10.0. The van der Waals surface area contributed by atoms with Gasteiger partial charge >= 0.3 is 0 Å². The number of nitrogens with one attached hydrogen (secondary N) is 2. The fourth-order valence-electron chi connectivity index (χ4n) is 3.41. The number of pyridine rings is 1. The molecule has 1 aliphatic rings. The lowest BCUT2D eigenvalue weighted by molar-refractivity contribution is -0.117. The molecule has 5 nitrogen and oxygen atoms in total. The van der Waals surface area contributed by atoms with Crippen LogP contribution in [0.25, 0.3) is 10.9 Å². The first-order valence-corrected chi connectivity index (χ1v) is 8.98. The molecule has 1 aromatic heterocycles. The highest BCUT2D eigenvalue weighted by Gasteiger charge is 2.22. The van der Waals surface area contributed by atoms with Crippen LogP contribution in [0.5, 0.6) is 0 Å². The van der Waals surface area contributed by atoms with Crippen LogP contribution < -0.4 is 10.7 Å². The van der Waals surface area contributed by atoms with Crippen LogP contribution in [0.3, 0.4) is 0 Å². The van der Waals surface area contributed by atoms with Gasteiger partial charge in [0.2, 0.25) is 5.91 Å². The lowest BCUT2D eigenvalue weighted by Gasteiger charge is -2.27. The van der Waals surface area contributed by atoms with E-state index in [4.69, 9.17) is 11.6 Å². The average Bonchev–Trinajstić information content (AvgIpc) is 2.63. The van der Waals surface area contributed by atoms with Crippen LogP contribution in [0.1, 0.15) is 11.3 Å². The van der Waals surface area contributed by atoms with Crippen LogP contribution in [0.15, 0.2) is 47.3 Å². The summed E-state index contributed by atoms with van der Waals surface area (Å²) >= 11 is 6.02. The molecule has 7 heteroatoms. The molecule has 0 fully saturated rings. The summed E-state index contributed by atoms with van der Waals surface area (Å²) < 4.78 is 13.2. The van der Waals surface area contributed by atoms with Crippen LogP contribution in [0.4, 0.5) is 10.1 Å². The zero-order valence-corrected chi connectivity index (χ0v) is 15.1. The number of hydrogen-bond acceptors (Lipinski definition) is 3. The van der Waals surface area contributed by atoms with Gasteiger partial charge < -0.3 is 10.3 Å². The molecule has 0 aliphatic carbocycles. The number of carbonyl (C=O) groups excluding carboxylic acids is 1. The number of benzene rings is 2. The number of halogens is 2. The monoisotopic (exact) mass is 385 g/mol. The summed E-state index contributed by atoms with van der Waals surface area (Å²) in [5.74, 6) is -0.652. The molecule has 2 N–H and O–H groups in total. The normalized spacial score (nSPS) is 14.1. The molecule has 0 atom stereocenters.